The molecule has 0 bridgehead atoms. The number of furan rings is 1. The third-order valence-corrected chi connectivity index (χ3v) is 10.6. The van der Waals surface area contributed by atoms with Crippen molar-refractivity contribution in [1.82, 2.24) is 0 Å². The molecule has 8 aromatic carbocycles. The summed E-state index contributed by atoms with van der Waals surface area (Å²) in [6.07, 6.45) is 0. The number of hydrogen-bond donors (Lipinski definition) is 0. The lowest BCUT2D eigenvalue weighted by molar-refractivity contribution is 0.669. The molecule has 0 saturated heterocycles. The first kappa shape index (κ1) is 26.3. The lowest BCUT2D eigenvalue weighted by Gasteiger charge is -2.26. The lowest BCUT2D eigenvalue weighted by atomic mass is 9.98. The third-order valence-electron chi connectivity index (χ3n) is 9.44. The second kappa shape index (κ2) is 10.3. The molecule has 2 nitrogen and oxygen atoms in total. The highest BCUT2D eigenvalue weighted by molar-refractivity contribution is 7.26. The van der Waals surface area contributed by atoms with Crippen LogP contribution in [0.15, 0.2) is 168 Å². The van der Waals surface area contributed by atoms with Gasteiger partial charge in [-0.15, -0.1) is 11.3 Å². The Labute approximate surface area is 275 Å². The Kier molecular flexibility index (Phi) is 5.78. The second-order valence-corrected chi connectivity index (χ2v) is 13.2. The van der Waals surface area contributed by atoms with Gasteiger partial charge in [-0.05, 0) is 93.3 Å². The second-order valence-electron chi connectivity index (χ2n) is 12.1. The maximum absolute atomic E-state index is 6.21. The van der Waals surface area contributed by atoms with Crippen molar-refractivity contribution in [2.45, 2.75) is 0 Å². The van der Waals surface area contributed by atoms with Gasteiger partial charge in [0.05, 0.1) is 0 Å². The van der Waals surface area contributed by atoms with Gasteiger partial charge in [0.25, 0.3) is 0 Å². The van der Waals surface area contributed by atoms with Gasteiger partial charge in [0.1, 0.15) is 11.2 Å². The maximum Gasteiger partial charge on any atom is 0.135 e. The Morgan fingerprint density at radius 2 is 1.11 bits per heavy atom. The first-order valence-corrected chi connectivity index (χ1v) is 16.7. The summed E-state index contributed by atoms with van der Waals surface area (Å²) >= 11 is 1.86. The van der Waals surface area contributed by atoms with Crippen molar-refractivity contribution in [3.05, 3.63) is 164 Å². The summed E-state index contributed by atoms with van der Waals surface area (Å²) in [7, 11) is 0. The van der Waals surface area contributed by atoms with Gasteiger partial charge in [0.15, 0.2) is 0 Å². The molecule has 0 N–H and O–H groups in total. The van der Waals surface area contributed by atoms with Crippen molar-refractivity contribution in [2.75, 3.05) is 4.90 Å². The predicted octanol–water partition coefficient (Wildman–Crippen LogP) is 13.4. The van der Waals surface area contributed by atoms with Crippen LogP contribution in [0.4, 0.5) is 17.1 Å². The summed E-state index contributed by atoms with van der Waals surface area (Å²) in [6.45, 7) is 0. The molecule has 10 aromatic rings. The highest BCUT2D eigenvalue weighted by atomic mass is 32.1. The molecule has 2 aromatic heterocycles. The number of nitrogens with zero attached hydrogens (tertiary/aromatic N) is 1. The van der Waals surface area contributed by atoms with E-state index < -0.39 is 0 Å². The number of hydrogen-bond acceptors (Lipinski definition) is 3. The molecular weight excluding hydrogens is 591 g/mol. The minimum absolute atomic E-state index is 0.895. The topological polar surface area (TPSA) is 16.4 Å². The molecule has 0 atom stereocenters. The van der Waals surface area contributed by atoms with E-state index in [2.05, 4.69) is 157 Å². The standard InChI is InChI=1S/C44H27NOS/c1-2-10-34-28(8-1)9-7-13-35(34)29-16-19-31(20-17-29)45(33-22-24-41-39(27-33)37-11-3-5-14-40(37)46-41)32-21-23-36-30(26-32)18-25-43-44(36)38-12-4-6-15-42(38)47-43/h1-27H. The van der Waals surface area contributed by atoms with Crippen molar-refractivity contribution in [2.24, 2.45) is 0 Å². The molecule has 3 heteroatoms. The SMILES string of the molecule is c1ccc2c(-c3ccc(N(c4ccc5c(ccc6sc7ccccc7c65)c4)c4ccc5oc6ccccc6c5c4)cc3)cccc2c1. The quantitative estimate of drug-likeness (QED) is 0.195. The van der Waals surface area contributed by atoms with Gasteiger partial charge in [0, 0.05) is 48.0 Å². The summed E-state index contributed by atoms with van der Waals surface area (Å²) in [5, 5.41) is 9.93. The number of fused-ring (bicyclic) bond motifs is 9. The Hall–Kier alpha value is -5.90. The van der Waals surface area contributed by atoms with Crippen molar-refractivity contribution >= 4 is 92.1 Å². The Bertz CT molecular complexity index is 2800. The molecule has 0 aliphatic rings. The van der Waals surface area contributed by atoms with E-state index in [4.69, 9.17) is 4.42 Å². The number of anilines is 3. The summed E-state index contributed by atoms with van der Waals surface area (Å²) in [5.41, 5.74) is 7.54. The van der Waals surface area contributed by atoms with E-state index in [0.29, 0.717) is 0 Å². The summed E-state index contributed by atoms with van der Waals surface area (Å²) in [5.74, 6) is 0. The van der Waals surface area contributed by atoms with Crippen molar-refractivity contribution in [3.8, 4) is 11.1 Å². The molecule has 0 aliphatic carbocycles. The normalized spacial score (nSPS) is 11.8. The molecule has 47 heavy (non-hydrogen) atoms. The van der Waals surface area contributed by atoms with E-state index in [1.807, 2.05) is 23.5 Å². The highest BCUT2D eigenvalue weighted by Gasteiger charge is 2.17. The Morgan fingerprint density at radius 3 is 2.02 bits per heavy atom. The van der Waals surface area contributed by atoms with Gasteiger partial charge in [-0.25, -0.2) is 0 Å². The fourth-order valence-electron chi connectivity index (χ4n) is 7.25. The summed E-state index contributed by atoms with van der Waals surface area (Å²) < 4.78 is 8.86. The van der Waals surface area contributed by atoms with Gasteiger partial charge in [-0.2, -0.15) is 0 Å². The smallest absolute Gasteiger partial charge is 0.135 e. The monoisotopic (exact) mass is 617 g/mol. The zero-order valence-corrected chi connectivity index (χ0v) is 26.2. The molecular formula is C44H27NOS. The minimum Gasteiger partial charge on any atom is -0.456 e. The van der Waals surface area contributed by atoms with Gasteiger partial charge in [-0.3, -0.25) is 0 Å². The molecule has 10 rings (SSSR count). The fourth-order valence-corrected chi connectivity index (χ4v) is 8.37. The van der Waals surface area contributed by atoms with Crippen LogP contribution in [0.2, 0.25) is 0 Å². The third kappa shape index (κ3) is 4.17. The predicted molar refractivity (Wildman–Crippen MR) is 202 cm³/mol. The van der Waals surface area contributed by atoms with Gasteiger partial charge in [-0.1, -0.05) is 103 Å². The Morgan fingerprint density at radius 1 is 0.404 bits per heavy atom. The minimum atomic E-state index is 0.895. The zero-order valence-electron chi connectivity index (χ0n) is 25.4. The first-order chi connectivity index (χ1) is 23.3. The lowest BCUT2D eigenvalue weighted by Crippen LogP contribution is -2.09. The molecule has 0 aliphatic heterocycles. The van der Waals surface area contributed by atoms with Gasteiger partial charge >= 0.3 is 0 Å². The van der Waals surface area contributed by atoms with Crippen LogP contribution in [-0.4, -0.2) is 0 Å². The largest absolute Gasteiger partial charge is 0.456 e. The van der Waals surface area contributed by atoms with Crippen molar-refractivity contribution < 1.29 is 4.42 Å². The van der Waals surface area contributed by atoms with Gasteiger partial charge < -0.3 is 9.32 Å². The van der Waals surface area contributed by atoms with E-state index in [1.54, 1.807) is 0 Å². The van der Waals surface area contributed by atoms with Crippen LogP contribution in [0.1, 0.15) is 0 Å². The maximum atomic E-state index is 6.21. The van der Waals surface area contributed by atoms with Crippen LogP contribution in [0.5, 0.6) is 0 Å². The van der Waals surface area contributed by atoms with Crippen molar-refractivity contribution in [1.29, 1.82) is 0 Å². The van der Waals surface area contributed by atoms with Crippen LogP contribution in [0.3, 0.4) is 0 Å². The molecule has 0 saturated carbocycles. The molecule has 0 amide bonds. The van der Waals surface area contributed by atoms with Gasteiger partial charge in [0.2, 0.25) is 0 Å². The van der Waals surface area contributed by atoms with Crippen molar-refractivity contribution in [3.63, 3.8) is 0 Å². The molecule has 0 unspecified atom stereocenters. The number of rotatable bonds is 4. The first-order valence-electron chi connectivity index (χ1n) is 15.9. The summed E-state index contributed by atoms with van der Waals surface area (Å²) in [6, 6.07) is 59.1. The summed E-state index contributed by atoms with van der Waals surface area (Å²) in [4.78, 5) is 2.36. The average molecular weight is 618 g/mol. The van der Waals surface area contributed by atoms with E-state index in [9.17, 15) is 0 Å². The number of benzene rings is 8. The fraction of sp³-hybridized carbons (Fsp3) is 0. The van der Waals surface area contributed by atoms with E-state index >= 15 is 0 Å². The number of para-hydroxylation sites is 1. The van der Waals surface area contributed by atoms with E-state index in [0.717, 1.165) is 39.0 Å². The average Bonchev–Trinajstić information content (AvgIpc) is 3.70. The van der Waals surface area contributed by atoms with Crippen LogP contribution >= 0.6 is 11.3 Å². The molecule has 2 heterocycles. The molecule has 220 valence electrons. The van der Waals surface area contributed by atoms with E-state index in [1.165, 1.54) is 52.8 Å². The van der Waals surface area contributed by atoms with Crippen LogP contribution < -0.4 is 4.90 Å². The molecule has 0 spiro atoms. The van der Waals surface area contributed by atoms with Crippen LogP contribution in [0.25, 0.3) is 74.8 Å². The Balaban J connectivity index is 1.16. The zero-order chi connectivity index (χ0) is 30.9. The molecule has 0 radical (unpaired) electrons. The molecule has 0 fully saturated rings. The van der Waals surface area contributed by atoms with Crippen LogP contribution in [0, 0.1) is 0 Å². The van der Waals surface area contributed by atoms with Crippen LogP contribution in [-0.2, 0) is 0 Å². The number of thiophene rings is 1. The van der Waals surface area contributed by atoms with E-state index in [-0.39, 0.29) is 0 Å². The highest BCUT2D eigenvalue weighted by Crippen LogP contribution is 2.43.